The van der Waals surface area contributed by atoms with Crippen molar-refractivity contribution >= 4 is 16.0 Å². The van der Waals surface area contributed by atoms with Crippen molar-refractivity contribution in [3.63, 3.8) is 0 Å². The first-order valence-electron chi connectivity index (χ1n) is 7.47. The second-order valence-corrected chi connectivity index (χ2v) is 6.87. The van der Waals surface area contributed by atoms with Gasteiger partial charge >= 0.3 is 5.97 Å². The zero-order valence-corrected chi connectivity index (χ0v) is 14.2. The summed E-state index contributed by atoms with van der Waals surface area (Å²) in [4.78, 5) is 12.1. The molecule has 2 rings (SSSR count). The van der Waals surface area contributed by atoms with Gasteiger partial charge in [0.1, 0.15) is 0 Å². The van der Waals surface area contributed by atoms with E-state index in [2.05, 4.69) is 0 Å². The third-order valence-electron chi connectivity index (χ3n) is 3.47. The van der Waals surface area contributed by atoms with Gasteiger partial charge in [0.2, 0.25) is 10.0 Å². The summed E-state index contributed by atoms with van der Waals surface area (Å²) in [5.74, 6) is -1.58. The lowest BCUT2D eigenvalue weighted by Crippen LogP contribution is -2.30. The van der Waals surface area contributed by atoms with Crippen LogP contribution >= 0.6 is 0 Å². The highest BCUT2D eigenvalue weighted by Gasteiger charge is 2.22. The Hall–Kier alpha value is -2.25. The maximum Gasteiger partial charge on any atom is 0.343 e. The van der Waals surface area contributed by atoms with Gasteiger partial charge in [-0.3, -0.25) is 0 Å². The minimum Gasteiger partial charge on any atom is -0.420 e. The summed E-state index contributed by atoms with van der Waals surface area (Å²) in [6.07, 6.45) is 0. The van der Waals surface area contributed by atoms with Gasteiger partial charge in [0.05, 0.1) is 10.5 Å². The average Bonchev–Trinajstić information content (AvgIpc) is 2.58. The predicted molar refractivity (Wildman–Crippen MR) is 87.9 cm³/mol. The van der Waals surface area contributed by atoms with Crippen molar-refractivity contribution in [1.29, 1.82) is 0 Å². The summed E-state index contributed by atoms with van der Waals surface area (Å²) in [6.45, 7) is 4.22. The molecule has 24 heavy (non-hydrogen) atoms. The summed E-state index contributed by atoms with van der Waals surface area (Å²) in [5, 5.41) is 0. The van der Waals surface area contributed by atoms with Crippen molar-refractivity contribution in [2.75, 3.05) is 13.1 Å². The second kappa shape index (κ2) is 7.55. The standard InChI is InChI=1S/C17H18FNO4S/c1-3-19(4-2)24(21,22)14-11-9-13(10-12-14)17(20)23-16-8-6-5-7-15(16)18/h5-12H,3-4H2,1-2H3. The van der Waals surface area contributed by atoms with Gasteiger partial charge in [-0.2, -0.15) is 4.31 Å². The van der Waals surface area contributed by atoms with Crippen LogP contribution in [0.4, 0.5) is 4.39 Å². The van der Waals surface area contributed by atoms with E-state index in [-0.39, 0.29) is 16.2 Å². The number of ether oxygens (including phenoxy) is 1. The van der Waals surface area contributed by atoms with E-state index in [1.807, 2.05) is 0 Å². The Bertz CT molecular complexity index is 815. The fourth-order valence-electron chi connectivity index (χ4n) is 2.16. The fraction of sp³-hybridized carbons (Fsp3) is 0.235. The number of carbonyl (C=O) groups is 1. The minimum atomic E-state index is -3.59. The van der Waals surface area contributed by atoms with Crippen LogP contribution in [0.3, 0.4) is 0 Å². The Morgan fingerprint density at radius 3 is 2.17 bits per heavy atom. The number of nitrogens with zero attached hydrogens (tertiary/aromatic N) is 1. The Balaban J connectivity index is 2.20. The molecule has 0 atom stereocenters. The van der Waals surface area contributed by atoms with Gasteiger partial charge < -0.3 is 4.74 Å². The molecule has 0 bridgehead atoms. The van der Waals surface area contributed by atoms with Crippen LogP contribution in [0.25, 0.3) is 0 Å². The number of rotatable bonds is 6. The second-order valence-electron chi connectivity index (χ2n) is 4.93. The summed E-state index contributed by atoms with van der Waals surface area (Å²) in [5.41, 5.74) is 0.136. The Morgan fingerprint density at radius 1 is 1.04 bits per heavy atom. The van der Waals surface area contributed by atoms with Gasteiger partial charge in [-0.15, -0.1) is 0 Å². The Morgan fingerprint density at radius 2 is 1.62 bits per heavy atom. The monoisotopic (exact) mass is 351 g/mol. The van der Waals surface area contributed by atoms with E-state index >= 15 is 0 Å². The van der Waals surface area contributed by atoms with Crippen LogP contribution in [0.1, 0.15) is 24.2 Å². The molecule has 128 valence electrons. The van der Waals surface area contributed by atoms with E-state index in [0.29, 0.717) is 13.1 Å². The molecule has 7 heteroatoms. The van der Waals surface area contributed by atoms with Gasteiger partial charge in [0, 0.05) is 13.1 Å². The number of carbonyl (C=O) groups excluding carboxylic acids is 1. The molecule has 0 fully saturated rings. The molecule has 0 saturated heterocycles. The van der Waals surface area contributed by atoms with E-state index in [0.717, 1.165) is 0 Å². The van der Waals surface area contributed by atoms with Gasteiger partial charge in [-0.05, 0) is 36.4 Å². The number of esters is 1. The molecule has 0 unspecified atom stereocenters. The van der Waals surface area contributed by atoms with Crippen molar-refractivity contribution in [3.05, 3.63) is 59.9 Å². The molecule has 0 aromatic heterocycles. The van der Waals surface area contributed by atoms with Crippen molar-refractivity contribution in [1.82, 2.24) is 4.31 Å². The Labute approximate surface area is 140 Å². The third kappa shape index (κ3) is 3.80. The van der Waals surface area contributed by atoms with Gasteiger partial charge in [0.25, 0.3) is 0 Å². The molecular weight excluding hydrogens is 333 g/mol. The van der Waals surface area contributed by atoms with Crippen LogP contribution in [-0.4, -0.2) is 31.8 Å². The van der Waals surface area contributed by atoms with E-state index in [4.69, 9.17) is 4.74 Å². The molecule has 0 N–H and O–H groups in total. The largest absolute Gasteiger partial charge is 0.420 e. The zero-order valence-electron chi connectivity index (χ0n) is 13.4. The maximum atomic E-state index is 13.5. The van der Waals surface area contributed by atoms with Gasteiger partial charge in [-0.1, -0.05) is 26.0 Å². The number of benzene rings is 2. The van der Waals surface area contributed by atoms with Crippen LogP contribution in [-0.2, 0) is 10.0 Å². The number of halogens is 1. The molecule has 0 heterocycles. The highest BCUT2D eigenvalue weighted by atomic mass is 32.2. The van der Waals surface area contributed by atoms with Gasteiger partial charge in [0.15, 0.2) is 11.6 Å². The van der Waals surface area contributed by atoms with Crippen molar-refractivity contribution in [3.8, 4) is 5.75 Å². The summed E-state index contributed by atoms with van der Waals surface area (Å²) in [6, 6.07) is 10.9. The first-order valence-corrected chi connectivity index (χ1v) is 8.91. The minimum absolute atomic E-state index is 0.0913. The predicted octanol–water partition coefficient (Wildman–Crippen LogP) is 3.08. The molecule has 0 aliphatic carbocycles. The number of hydrogen-bond donors (Lipinski definition) is 0. The molecule has 2 aromatic carbocycles. The molecular formula is C17H18FNO4S. The molecule has 2 aromatic rings. The molecule has 0 aliphatic heterocycles. The normalized spacial score (nSPS) is 11.5. The van der Waals surface area contributed by atoms with Crippen molar-refractivity contribution in [2.45, 2.75) is 18.7 Å². The van der Waals surface area contributed by atoms with E-state index in [9.17, 15) is 17.6 Å². The molecule has 0 amide bonds. The first kappa shape index (κ1) is 18.1. The van der Waals surface area contributed by atoms with Crippen LogP contribution in [0.15, 0.2) is 53.4 Å². The Kier molecular flexibility index (Phi) is 5.69. The lowest BCUT2D eigenvalue weighted by Gasteiger charge is -2.18. The molecule has 0 radical (unpaired) electrons. The van der Waals surface area contributed by atoms with Crippen LogP contribution in [0.2, 0.25) is 0 Å². The third-order valence-corrected chi connectivity index (χ3v) is 5.54. The van der Waals surface area contributed by atoms with E-state index in [1.54, 1.807) is 19.9 Å². The summed E-state index contributed by atoms with van der Waals surface area (Å²) in [7, 11) is -3.59. The van der Waals surface area contributed by atoms with Crippen LogP contribution in [0, 0.1) is 5.82 Å². The highest BCUT2D eigenvalue weighted by molar-refractivity contribution is 7.89. The summed E-state index contributed by atoms with van der Waals surface area (Å²) < 4.78 is 44.5. The smallest absolute Gasteiger partial charge is 0.343 e. The maximum absolute atomic E-state index is 13.5. The molecule has 0 saturated carbocycles. The summed E-state index contributed by atoms with van der Waals surface area (Å²) >= 11 is 0. The number of sulfonamides is 1. The average molecular weight is 351 g/mol. The lowest BCUT2D eigenvalue weighted by atomic mass is 10.2. The van der Waals surface area contributed by atoms with Crippen molar-refractivity contribution in [2.24, 2.45) is 0 Å². The van der Waals surface area contributed by atoms with Crippen molar-refractivity contribution < 1.29 is 22.3 Å². The van der Waals surface area contributed by atoms with Crippen LogP contribution < -0.4 is 4.74 Å². The number of hydrogen-bond acceptors (Lipinski definition) is 4. The zero-order chi connectivity index (χ0) is 17.7. The van der Waals surface area contributed by atoms with E-state index in [1.165, 1.54) is 46.8 Å². The molecule has 0 aliphatic rings. The highest BCUT2D eigenvalue weighted by Crippen LogP contribution is 2.19. The number of para-hydroxylation sites is 1. The first-order chi connectivity index (χ1) is 11.4. The molecule has 5 nitrogen and oxygen atoms in total. The SMILES string of the molecule is CCN(CC)S(=O)(=O)c1ccc(C(=O)Oc2ccccc2F)cc1. The lowest BCUT2D eigenvalue weighted by molar-refractivity contribution is 0.0727. The molecule has 0 spiro atoms. The van der Waals surface area contributed by atoms with Gasteiger partial charge in [-0.25, -0.2) is 17.6 Å². The fourth-order valence-corrected chi connectivity index (χ4v) is 3.62. The van der Waals surface area contributed by atoms with Crippen LogP contribution in [0.5, 0.6) is 5.75 Å². The topological polar surface area (TPSA) is 63.7 Å². The van der Waals surface area contributed by atoms with E-state index < -0.39 is 21.8 Å². The quantitative estimate of drug-likeness (QED) is 0.593.